The number of hydrogen-bond donors (Lipinski definition) is 1. The first-order chi connectivity index (χ1) is 12.5. The molecule has 0 saturated heterocycles. The van der Waals surface area contributed by atoms with E-state index >= 15 is 0 Å². The Morgan fingerprint density at radius 2 is 1.85 bits per heavy atom. The van der Waals surface area contributed by atoms with Gasteiger partial charge in [-0.1, -0.05) is 48.7 Å². The van der Waals surface area contributed by atoms with E-state index in [2.05, 4.69) is 11.2 Å². The topological polar surface area (TPSA) is 47.6 Å². The number of ether oxygens (including phenoxy) is 2. The van der Waals surface area contributed by atoms with Crippen molar-refractivity contribution in [2.24, 2.45) is 5.92 Å². The average Bonchev–Trinajstić information content (AvgIpc) is 2.66. The molecule has 2 aromatic rings. The number of terminal acetylenes is 1. The molecule has 1 amide bonds. The van der Waals surface area contributed by atoms with Crippen LogP contribution in [0.25, 0.3) is 0 Å². The van der Waals surface area contributed by atoms with Gasteiger partial charge in [-0.3, -0.25) is 4.79 Å². The maximum Gasteiger partial charge on any atom is 0.223 e. The van der Waals surface area contributed by atoms with Gasteiger partial charge in [0.05, 0.1) is 7.11 Å². The Morgan fingerprint density at radius 1 is 1.15 bits per heavy atom. The van der Waals surface area contributed by atoms with Gasteiger partial charge in [0, 0.05) is 12.5 Å². The minimum atomic E-state index is -0.150. The SMILES string of the molecule is C#CCOc1ccc(CC(C)C(=O)NCc2ccc(C)cc2)cc1OC. The predicted molar refractivity (Wildman–Crippen MR) is 103 cm³/mol. The first-order valence-electron chi connectivity index (χ1n) is 8.60. The largest absolute Gasteiger partial charge is 0.493 e. The van der Waals surface area contributed by atoms with E-state index in [1.54, 1.807) is 7.11 Å². The van der Waals surface area contributed by atoms with Crippen LogP contribution < -0.4 is 14.8 Å². The second-order valence-electron chi connectivity index (χ2n) is 6.29. The molecular weight excluding hydrogens is 326 g/mol. The molecule has 1 atom stereocenters. The Balaban J connectivity index is 1.93. The summed E-state index contributed by atoms with van der Waals surface area (Å²) in [6.45, 7) is 4.68. The van der Waals surface area contributed by atoms with Gasteiger partial charge in [0.1, 0.15) is 6.61 Å². The molecule has 0 heterocycles. The molecule has 0 bridgehead atoms. The molecule has 0 saturated carbocycles. The fourth-order valence-electron chi connectivity index (χ4n) is 2.59. The highest BCUT2D eigenvalue weighted by Crippen LogP contribution is 2.29. The molecule has 0 fully saturated rings. The molecule has 4 heteroatoms. The molecule has 4 nitrogen and oxygen atoms in total. The molecule has 26 heavy (non-hydrogen) atoms. The molecule has 2 rings (SSSR count). The number of hydrogen-bond acceptors (Lipinski definition) is 3. The molecule has 1 unspecified atom stereocenters. The van der Waals surface area contributed by atoms with E-state index in [-0.39, 0.29) is 18.4 Å². The third-order valence-corrected chi connectivity index (χ3v) is 4.12. The quantitative estimate of drug-likeness (QED) is 0.741. The van der Waals surface area contributed by atoms with Gasteiger partial charge in [-0.25, -0.2) is 0 Å². The van der Waals surface area contributed by atoms with Crippen LogP contribution in [0.5, 0.6) is 11.5 Å². The van der Waals surface area contributed by atoms with Gasteiger partial charge >= 0.3 is 0 Å². The molecular formula is C22H25NO3. The third-order valence-electron chi connectivity index (χ3n) is 4.12. The summed E-state index contributed by atoms with van der Waals surface area (Å²) < 4.78 is 10.8. The summed E-state index contributed by atoms with van der Waals surface area (Å²) in [5, 5.41) is 2.99. The van der Waals surface area contributed by atoms with Gasteiger partial charge in [-0.05, 0) is 36.6 Å². The number of methoxy groups -OCH3 is 1. The van der Waals surface area contributed by atoms with E-state index in [0.29, 0.717) is 24.5 Å². The summed E-state index contributed by atoms with van der Waals surface area (Å²) >= 11 is 0. The third kappa shape index (κ3) is 5.56. The number of rotatable bonds is 8. The molecule has 0 aromatic heterocycles. The van der Waals surface area contributed by atoms with E-state index in [4.69, 9.17) is 15.9 Å². The van der Waals surface area contributed by atoms with Crippen molar-refractivity contribution >= 4 is 5.91 Å². The number of amides is 1. The van der Waals surface area contributed by atoms with Gasteiger partial charge < -0.3 is 14.8 Å². The predicted octanol–water partition coefficient (Wildman–Crippen LogP) is 3.51. The number of carbonyl (C=O) groups excluding carboxylic acids is 1. The van der Waals surface area contributed by atoms with E-state index in [1.165, 1.54) is 5.56 Å². The summed E-state index contributed by atoms with van der Waals surface area (Å²) in [6.07, 6.45) is 5.83. The summed E-state index contributed by atoms with van der Waals surface area (Å²) in [5.41, 5.74) is 3.30. The minimum Gasteiger partial charge on any atom is -0.493 e. The normalized spacial score (nSPS) is 11.3. The Kier molecular flexibility index (Phi) is 7.11. The number of nitrogens with one attached hydrogen (secondary N) is 1. The van der Waals surface area contributed by atoms with E-state index < -0.39 is 0 Å². The molecule has 2 aromatic carbocycles. The van der Waals surface area contributed by atoms with Crippen molar-refractivity contribution in [1.29, 1.82) is 0 Å². The highest BCUT2D eigenvalue weighted by molar-refractivity contribution is 5.78. The lowest BCUT2D eigenvalue weighted by Crippen LogP contribution is -2.29. The molecule has 0 spiro atoms. The van der Waals surface area contributed by atoms with Crippen molar-refractivity contribution in [2.75, 3.05) is 13.7 Å². The number of benzene rings is 2. The van der Waals surface area contributed by atoms with E-state index in [1.807, 2.05) is 56.3 Å². The van der Waals surface area contributed by atoms with Gasteiger partial charge in [-0.2, -0.15) is 0 Å². The molecule has 0 aliphatic rings. The van der Waals surface area contributed by atoms with Crippen molar-refractivity contribution < 1.29 is 14.3 Å². The maximum absolute atomic E-state index is 12.4. The zero-order valence-electron chi connectivity index (χ0n) is 15.5. The highest BCUT2D eigenvalue weighted by atomic mass is 16.5. The van der Waals surface area contributed by atoms with Gasteiger partial charge in [0.25, 0.3) is 0 Å². The highest BCUT2D eigenvalue weighted by Gasteiger charge is 2.15. The van der Waals surface area contributed by atoms with Gasteiger partial charge in [-0.15, -0.1) is 6.42 Å². The lowest BCUT2D eigenvalue weighted by Gasteiger charge is -2.14. The van der Waals surface area contributed by atoms with Gasteiger partial charge in [0.15, 0.2) is 11.5 Å². The van der Waals surface area contributed by atoms with Crippen LogP contribution in [0.4, 0.5) is 0 Å². The molecule has 0 radical (unpaired) electrons. The summed E-state index contributed by atoms with van der Waals surface area (Å²) in [6, 6.07) is 13.8. The molecule has 0 aliphatic heterocycles. The van der Waals surface area contributed by atoms with Crippen molar-refractivity contribution in [3.05, 3.63) is 59.2 Å². The second kappa shape index (κ2) is 9.53. The summed E-state index contributed by atoms with van der Waals surface area (Å²) in [5.74, 6) is 3.52. The molecule has 136 valence electrons. The van der Waals surface area contributed by atoms with Crippen LogP contribution >= 0.6 is 0 Å². The fraction of sp³-hybridized carbons (Fsp3) is 0.318. The van der Waals surface area contributed by atoms with Crippen molar-refractivity contribution in [2.45, 2.75) is 26.8 Å². The second-order valence-corrected chi connectivity index (χ2v) is 6.29. The van der Waals surface area contributed by atoms with Crippen LogP contribution in [-0.4, -0.2) is 19.6 Å². The fourth-order valence-corrected chi connectivity index (χ4v) is 2.59. The summed E-state index contributed by atoms with van der Waals surface area (Å²) in [7, 11) is 1.58. The standard InChI is InChI=1S/C22H25NO3/c1-5-12-26-20-11-10-19(14-21(20)25-4)13-17(3)22(24)23-15-18-8-6-16(2)7-9-18/h1,6-11,14,17H,12-13,15H2,2-4H3,(H,23,24). The Hall–Kier alpha value is -2.93. The Labute approximate surface area is 155 Å². The van der Waals surface area contributed by atoms with E-state index in [9.17, 15) is 4.79 Å². The molecule has 0 aliphatic carbocycles. The van der Waals surface area contributed by atoms with Crippen LogP contribution in [0.15, 0.2) is 42.5 Å². The van der Waals surface area contributed by atoms with E-state index in [0.717, 1.165) is 11.1 Å². The van der Waals surface area contributed by atoms with Crippen LogP contribution in [0, 0.1) is 25.2 Å². The number of carbonyl (C=O) groups is 1. The lowest BCUT2D eigenvalue weighted by molar-refractivity contribution is -0.124. The average molecular weight is 351 g/mol. The van der Waals surface area contributed by atoms with Crippen molar-refractivity contribution in [3.8, 4) is 23.8 Å². The van der Waals surface area contributed by atoms with Crippen LogP contribution in [-0.2, 0) is 17.8 Å². The monoisotopic (exact) mass is 351 g/mol. The maximum atomic E-state index is 12.4. The van der Waals surface area contributed by atoms with Crippen LogP contribution in [0.1, 0.15) is 23.6 Å². The first-order valence-corrected chi connectivity index (χ1v) is 8.60. The van der Waals surface area contributed by atoms with Crippen molar-refractivity contribution in [1.82, 2.24) is 5.32 Å². The zero-order valence-corrected chi connectivity index (χ0v) is 15.5. The Bertz CT molecular complexity index is 775. The van der Waals surface area contributed by atoms with Gasteiger partial charge in [0.2, 0.25) is 5.91 Å². The van der Waals surface area contributed by atoms with Crippen LogP contribution in [0.2, 0.25) is 0 Å². The molecule has 1 N–H and O–H groups in total. The van der Waals surface area contributed by atoms with Crippen molar-refractivity contribution in [3.63, 3.8) is 0 Å². The smallest absolute Gasteiger partial charge is 0.223 e. The minimum absolute atomic E-state index is 0.0252. The first kappa shape index (κ1) is 19.4. The lowest BCUT2D eigenvalue weighted by atomic mass is 10.00. The summed E-state index contributed by atoms with van der Waals surface area (Å²) in [4.78, 5) is 12.4. The zero-order chi connectivity index (χ0) is 18.9. The number of aryl methyl sites for hydroxylation is 1. The van der Waals surface area contributed by atoms with Crippen LogP contribution in [0.3, 0.4) is 0 Å². The Morgan fingerprint density at radius 3 is 2.50 bits per heavy atom.